The summed E-state index contributed by atoms with van der Waals surface area (Å²) in [5, 5.41) is 8.84. The zero-order chi connectivity index (χ0) is 12.7. The van der Waals surface area contributed by atoms with Crippen LogP contribution in [0.15, 0.2) is 18.2 Å². The largest absolute Gasteiger partial charge is 0.492 e. The van der Waals surface area contributed by atoms with E-state index in [1.54, 1.807) is 18.2 Å². The van der Waals surface area contributed by atoms with Crippen molar-refractivity contribution >= 4 is 5.69 Å². The highest BCUT2D eigenvalue weighted by Gasteiger charge is 2.02. The van der Waals surface area contributed by atoms with Gasteiger partial charge in [0, 0.05) is 12.2 Å². The zero-order valence-electron chi connectivity index (χ0n) is 10.4. The average Bonchev–Trinajstić information content (AvgIpc) is 2.36. The van der Waals surface area contributed by atoms with E-state index < -0.39 is 0 Å². The molecular formula is C13H19N3O. The van der Waals surface area contributed by atoms with Crippen molar-refractivity contribution in [1.82, 2.24) is 4.90 Å². The van der Waals surface area contributed by atoms with Gasteiger partial charge in [0.25, 0.3) is 0 Å². The summed E-state index contributed by atoms with van der Waals surface area (Å²) in [4.78, 5) is 2.28. The second-order valence-electron chi connectivity index (χ2n) is 3.74. The molecule has 4 nitrogen and oxygen atoms in total. The molecule has 0 spiro atoms. The van der Waals surface area contributed by atoms with Crippen LogP contribution in [0, 0.1) is 11.3 Å². The number of benzene rings is 1. The van der Waals surface area contributed by atoms with Gasteiger partial charge < -0.3 is 15.4 Å². The van der Waals surface area contributed by atoms with E-state index in [1.807, 2.05) is 6.07 Å². The number of nitriles is 1. The van der Waals surface area contributed by atoms with Gasteiger partial charge in [0.05, 0.1) is 5.56 Å². The molecule has 0 unspecified atom stereocenters. The molecule has 17 heavy (non-hydrogen) atoms. The SMILES string of the molecule is CCN(CC)CCOc1ccc(N)c(C#N)c1. The fraction of sp³-hybridized carbons (Fsp3) is 0.462. The summed E-state index contributed by atoms with van der Waals surface area (Å²) in [6.07, 6.45) is 0. The van der Waals surface area contributed by atoms with E-state index in [-0.39, 0.29) is 0 Å². The van der Waals surface area contributed by atoms with Crippen LogP contribution in [0.25, 0.3) is 0 Å². The van der Waals surface area contributed by atoms with Crippen molar-refractivity contribution in [3.8, 4) is 11.8 Å². The van der Waals surface area contributed by atoms with Crippen LogP contribution < -0.4 is 10.5 Å². The highest BCUT2D eigenvalue weighted by molar-refractivity contribution is 5.56. The monoisotopic (exact) mass is 233 g/mol. The van der Waals surface area contributed by atoms with Crippen molar-refractivity contribution in [2.75, 3.05) is 32.0 Å². The third-order valence-corrected chi connectivity index (χ3v) is 2.72. The van der Waals surface area contributed by atoms with E-state index in [1.165, 1.54) is 0 Å². The summed E-state index contributed by atoms with van der Waals surface area (Å²) in [6, 6.07) is 7.21. The Morgan fingerprint density at radius 1 is 1.35 bits per heavy atom. The summed E-state index contributed by atoms with van der Waals surface area (Å²) < 4.78 is 5.59. The number of hydrogen-bond acceptors (Lipinski definition) is 4. The van der Waals surface area contributed by atoms with Crippen molar-refractivity contribution in [3.63, 3.8) is 0 Å². The Hall–Kier alpha value is -1.73. The van der Waals surface area contributed by atoms with E-state index in [9.17, 15) is 0 Å². The molecule has 0 amide bonds. The molecule has 92 valence electrons. The highest BCUT2D eigenvalue weighted by Crippen LogP contribution is 2.18. The lowest BCUT2D eigenvalue weighted by molar-refractivity contribution is 0.223. The molecule has 0 aliphatic carbocycles. The van der Waals surface area contributed by atoms with Crippen LogP contribution in [-0.2, 0) is 0 Å². The first-order valence-electron chi connectivity index (χ1n) is 5.86. The standard InChI is InChI=1S/C13H19N3O/c1-3-16(4-2)7-8-17-12-5-6-13(15)11(9-12)10-14/h5-6,9H,3-4,7-8,15H2,1-2H3. The third-order valence-electron chi connectivity index (χ3n) is 2.72. The molecule has 4 heteroatoms. The molecule has 0 aliphatic rings. The van der Waals surface area contributed by atoms with Crippen LogP contribution in [0.1, 0.15) is 19.4 Å². The minimum Gasteiger partial charge on any atom is -0.492 e. The molecule has 0 bridgehead atoms. The Bertz CT molecular complexity index is 394. The number of hydrogen-bond donors (Lipinski definition) is 1. The lowest BCUT2D eigenvalue weighted by Crippen LogP contribution is -2.27. The van der Waals surface area contributed by atoms with Crippen molar-refractivity contribution in [2.45, 2.75) is 13.8 Å². The van der Waals surface area contributed by atoms with E-state index in [0.29, 0.717) is 23.6 Å². The Morgan fingerprint density at radius 2 is 2.06 bits per heavy atom. The second kappa shape index (κ2) is 6.77. The number of nitrogen functional groups attached to an aromatic ring is 1. The lowest BCUT2D eigenvalue weighted by Gasteiger charge is -2.18. The quantitative estimate of drug-likeness (QED) is 0.762. The number of nitrogens with zero attached hydrogens (tertiary/aromatic N) is 2. The van der Waals surface area contributed by atoms with Crippen molar-refractivity contribution in [2.24, 2.45) is 0 Å². The molecule has 1 rings (SSSR count). The number of rotatable bonds is 6. The van der Waals surface area contributed by atoms with Gasteiger partial charge in [0.2, 0.25) is 0 Å². The van der Waals surface area contributed by atoms with Crippen molar-refractivity contribution in [1.29, 1.82) is 5.26 Å². The van der Waals surface area contributed by atoms with Crippen molar-refractivity contribution in [3.05, 3.63) is 23.8 Å². The van der Waals surface area contributed by atoms with E-state index in [4.69, 9.17) is 15.7 Å². The number of anilines is 1. The summed E-state index contributed by atoms with van der Waals surface area (Å²) in [7, 11) is 0. The zero-order valence-corrected chi connectivity index (χ0v) is 10.4. The van der Waals surface area contributed by atoms with Crippen LogP contribution in [0.2, 0.25) is 0 Å². The summed E-state index contributed by atoms with van der Waals surface area (Å²) in [6.45, 7) is 7.80. The molecule has 0 atom stereocenters. The predicted octanol–water partition coefficient (Wildman–Crippen LogP) is 1.86. The van der Waals surface area contributed by atoms with Gasteiger partial charge in [-0.2, -0.15) is 5.26 Å². The summed E-state index contributed by atoms with van der Waals surface area (Å²) in [5.41, 5.74) is 6.59. The first-order chi connectivity index (χ1) is 8.21. The first kappa shape index (κ1) is 13.3. The molecule has 0 aliphatic heterocycles. The van der Waals surface area contributed by atoms with Crippen LogP contribution >= 0.6 is 0 Å². The van der Waals surface area contributed by atoms with Crippen LogP contribution in [0.4, 0.5) is 5.69 Å². The van der Waals surface area contributed by atoms with Crippen molar-refractivity contribution < 1.29 is 4.74 Å². The predicted molar refractivity (Wildman–Crippen MR) is 68.9 cm³/mol. The molecule has 1 aromatic rings. The van der Waals surface area contributed by atoms with Gasteiger partial charge in [-0.05, 0) is 31.3 Å². The van der Waals surface area contributed by atoms with Gasteiger partial charge in [-0.3, -0.25) is 0 Å². The number of nitrogens with two attached hydrogens (primary N) is 1. The Labute approximate surface area is 103 Å². The first-order valence-corrected chi connectivity index (χ1v) is 5.86. The molecule has 0 heterocycles. The van der Waals surface area contributed by atoms with Gasteiger partial charge in [0.15, 0.2) is 0 Å². The summed E-state index contributed by atoms with van der Waals surface area (Å²) >= 11 is 0. The third kappa shape index (κ3) is 3.97. The topological polar surface area (TPSA) is 62.3 Å². The fourth-order valence-corrected chi connectivity index (χ4v) is 1.55. The second-order valence-corrected chi connectivity index (χ2v) is 3.74. The average molecular weight is 233 g/mol. The van der Waals surface area contributed by atoms with Crippen LogP contribution in [0.3, 0.4) is 0 Å². The minimum atomic E-state index is 0.463. The Morgan fingerprint density at radius 3 is 2.65 bits per heavy atom. The fourth-order valence-electron chi connectivity index (χ4n) is 1.55. The maximum Gasteiger partial charge on any atom is 0.120 e. The van der Waals surface area contributed by atoms with E-state index in [0.717, 1.165) is 19.6 Å². The van der Waals surface area contributed by atoms with Gasteiger partial charge in [-0.1, -0.05) is 13.8 Å². The molecule has 0 saturated heterocycles. The normalized spacial score (nSPS) is 10.2. The molecule has 2 N–H and O–H groups in total. The molecule has 0 radical (unpaired) electrons. The smallest absolute Gasteiger partial charge is 0.120 e. The lowest BCUT2D eigenvalue weighted by atomic mass is 10.2. The van der Waals surface area contributed by atoms with Gasteiger partial charge >= 0.3 is 0 Å². The van der Waals surface area contributed by atoms with E-state index in [2.05, 4.69) is 18.7 Å². The number of likely N-dealkylation sites (N-methyl/N-ethyl adjacent to an activating group) is 1. The van der Waals surface area contributed by atoms with Crippen LogP contribution in [-0.4, -0.2) is 31.1 Å². The summed E-state index contributed by atoms with van der Waals surface area (Å²) in [5.74, 6) is 0.697. The Balaban J connectivity index is 2.50. The maximum absolute atomic E-state index is 8.84. The van der Waals surface area contributed by atoms with Gasteiger partial charge in [0.1, 0.15) is 18.4 Å². The van der Waals surface area contributed by atoms with Gasteiger partial charge in [-0.15, -0.1) is 0 Å². The molecule has 0 saturated carbocycles. The molecular weight excluding hydrogens is 214 g/mol. The number of ether oxygens (including phenoxy) is 1. The molecule has 0 fully saturated rings. The Kier molecular flexibility index (Phi) is 5.31. The highest BCUT2D eigenvalue weighted by atomic mass is 16.5. The van der Waals surface area contributed by atoms with Gasteiger partial charge in [-0.25, -0.2) is 0 Å². The maximum atomic E-state index is 8.84. The van der Waals surface area contributed by atoms with Crippen LogP contribution in [0.5, 0.6) is 5.75 Å². The molecule has 0 aromatic heterocycles. The minimum absolute atomic E-state index is 0.463. The molecule has 1 aromatic carbocycles. The van der Waals surface area contributed by atoms with E-state index >= 15 is 0 Å².